The first kappa shape index (κ1) is 26.8. The Morgan fingerprint density at radius 1 is 1.32 bits per heavy atom. The molecule has 4 N–H and O–H groups in total. The van der Waals surface area contributed by atoms with Crippen molar-refractivity contribution in [1.82, 2.24) is 20.5 Å². The average molecular weight is 439 g/mol. The number of urea groups is 1. The summed E-state index contributed by atoms with van der Waals surface area (Å²) in [7, 11) is 1.90. The highest BCUT2D eigenvalue weighted by atomic mass is 35.5. The topological polar surface area (TPSA) is 107 Å². The van der Waals surface area contributed by atoms with Gasteiger partial charge >= 0.3 is 6.03 Å². The van der Waals surface area contributed by atoms with E-state index in [1.807, 2.05) is 44.0 Å². The van der Waals surface area contributed by atoms with E-state index in [0.29, 0.717) is 6.54 Å². The molecule has 0 unspecified atom stereocenters. The van der Waals surface area contributed by atoms with Crippen molar-refractivity contribution in [1.29, 1.82) is 0 Å². The molecule has 1 aromatic rings. The van der Waals surface area contributed by atoms with Crippen molar-refractivity contribution in [2.75, 3.05) is 26.7 Å². The maximum atomic E-state index is 11.8. The van der Waals surface area contributed by atoms with Crippen molar-refractivity contribution >= 4 is 30.8 Å². The second kappa shape index (κ2) is 13.1. The van der Waals surface area contributed by atoms with Gasteiger partial charge in [0.2, 0.25) is 0 Å². The van der Waals surface area contributed by atoms with Gasteiger partial charge < -0.3 is 25.6 Å². The van der Waals surface area contributed by atoms with Crippen LogP contribution < -0.4 is 10.6 Å². The first-order valence-electron chi connectivity index (χ1n) is 9.01. The van der Waals surface area contributed by atoms with Crippen LogP contribution in [0, 0.1) is 0 Å². The molecule has 1 saturated heterocycles. The maximum Gasteiger partial charge on any atom is 0.315 e. The van der Waals surface area contributed by atoms with Gasteiger partial charge in [-0.1, -0.05) is 6.07 Å². The Morgan fingerprint density at radius 3 is 2.61 bits per heavy atom. The summed E-state index contributed by atoms with van der Waals surface area (Å²) in [4.78, 5) is 18.1. The molecule has 1 aromatic heterocycles. The molecule has 8 nitrogen and oxygen atoms in total. The third-order valence-electron chi connectivity index (χ3n) is 4.48. The number of ether oxygens (including phenoxy) is 1. The number of hydrogen-bond acceptors (Lipinski definition) is 6. The Balaban J connectivity index is 0.00000364. The molecule has 0 saturated carbocycles. The van der Waals surface area contributed by atoms with Crippen LogP contribution in [0.3, 0.4) is 0 Å². The first-order valence-corrected chi connectivity index (χ1v) is 9.01. The fraction of sp³-hybridized carbons (Fsp3) is 0.667. The van der Waals surface area contributed by atoms with E-state index < -0.39 is 18.3 Å². The van der Waals surface area contributed by atoms with Gasteiger partial charge in [-0.2, -0.15) is 0 Å². The summed E-state index contributed by atoms with van der Waals surface area (Å²) in [6, 6.07) is 5.21. The van der Waals surface area contributed by atoms with Crippen molar-refractivity contribution in [3.63, 3.8) is 0 Å². The van der Waals surface area contributed by atoms with E-state index >= 15 is 0 Å². The molecular formula is C18H32Cl2N4O4. The van der Waals surface area contributed by atoms with E-state index in [0.717, 1.165) is 12.1 Å². The fourth-order valence-corrected chi connectivity index (χ4v) is 3.18. The van der Waals surface area contributed by atoms with Crippen LogP contribution in [0.2, 0.25) is 0 Å². The van der Waals surface area contributed by atoms with E-state index in [9.17, 15) is 15.0 Å². The van der Waals surface area contributed by atoms with Gasteiger partial charge in [0, 0.05) is 37.4 Å². The molecule has 10 heteroatoms. The lowest BCUT2D eigenvalue weighted by atomic mass is 10.0. The van der Waals surface area contributed by atoms with Crippen LogP contribution in [-0.2, 0) is 11.2 Å². The van der Waals surface area contributed by atoms with Gasteiger partial charge in [0.25, 0.3) is 0 Å². The number of nitrogens with zero attached hydrogens (tertiary/aromatic N) is 2. The standard InChI is InChI=1S/C18H30N4O4.2ClH/c1-12(2)21-18(25)20-10-14-16(17(24)15(11-23)26-14)22(3)9-7-13-6-4-5-8-19-13;;/h4-6,8,12,14-17,23-24H,7,9-11H2,1-3H3,(H2,20,21,25);2*1H/t14-,15+,16+,17-;;/m1../s1. The number of aromatic nitrogens is 1. The summed E-state index contributed by atoms with van der Waals surface area (Å²) in [5.41, 5.74) is 0.970. The van der Waals surface area contributed by atoms with Crippen molar-refractivity contribution in [3.05, 3.63) is 30.1 Å². The van der Waals surface area contributed by atoms with E-state index in [-0.39, 0.29) is 56.1 Å². The zero-order chi connectivity index (χ0) is 19.1. The molecule has 2 rings (SSSR count). The summed E-state index contributed by atoms with van der Waals surface area (Å²) < 4.78 is 5.76. The van der Waals surface area contributed by atoms with Crippen LogP contribution in [0.5, 0.6) is 0 Å². The highest BCUT2D eigenvalue weighted by Crippen LogP contribution is 2.25. The lowest BCUT2D eigenvalue weighted by Gasteiger charge is -2.30. The molecule has 4 atom stereocenters. The Hall–Kier alpha value is -1.16. The summed E-state index contributed by atoms with van der Waals surface area (Å²) in [5.74, 6) is 0. The van der Waals surface area contributed by atoms with Gasteiger partial charge in [-0.05, 0) is 33.0 Å². The lowest BCUT2D eigenvalue weighted by Crippen LogP contribution is -2.51. The number of amides is 2. The molecule has 1 aliphatic heterocycles. The average Bonchev–Trinajstić information content (AvgIpc) is 2.94. The van der Waals surface area contributed by atoms with Crippen LogP contribution in [-0.4, -0.2) is 83.3 Å². The minimum atomic E-state index is -0.825. The number of aliphatic hydroxyl groups is 2. The van der Waals surface area contributed by atoms with Gasteiger partial charge in [0.1, 0.15) is 12.2 Å². The normalized spacial score (nSPS) is 23.8. The van der Waals surface area contributed by atoms with E-state index in [1.165, 1.54) is 0 Å². The Bertz CT molecular complexity index is 568. The second-order valence-corrected chi connectivity index (χ2v) is 6.94. The summed E-state index contributed by atoms with van der Waals surface area (Å²) in [6.45, 7) is 4.43. The van der Waals surface area contributed by atoms with E-state index in [2.05, 4.69) is 15.6 Å². The number of rotatable bonds is 8. The highest BCUT2D eigenvalue weighted by molar-refractivity contribution is 5.85. The molecule has 2 heterocycles. The monoisotopic (exact) mass is 438 g/mol. The SMILES string of the molecule is CC(C)NC(=O)NC[C@H]1O[C@@H](CO)[C@@H](O)[C@H]1N(C)CCc1ccccn1.Cl.Cl. The van der Waals surface area contributed by atoms with Crippen molar-refractivity contribution in [2.45, 2.75) is 50.7 Å². The number of aliphatic hydroxyl groups excluding tert-OH is 2. The zero-order valence-electron chi connectivity index (χ0n) is 16.4. The summed E-state index contributed by atoms with van der Waals surface area (Å²) in [6.07, 6.45) is 0.600. The van der Waals surface area contributed by atoms with Crippen LogP contribution >= 0.6 is 24.8 Å². The molecule has 28 heavy (non-hydrogen) atoms. The van der Waals surface area contributed by atoms with Crippen LogP contribution in [0.15, 0.2) is 24.4 Å². The molecule has 0 aromatic carbocycles. The maximum absolute atomic E-state index is 11.8. The predicted octanol–water partition coefficient (Wildman–Crippen LogP) is 0.596. The summed E-state index contributed by atoms with van der Waals surface area (Å²) >= 11 is 0. The number of halogens is 2. The van der Waals surface area contributed by atoms with Crippen molar-refractivity contribution in [3.8, 4) is 0 Å². The second-order valence-electron chi connectivity index (χ2n) is 6.94. The van der Waals surface area contributed by atoms with Gasteiger partial charge in [0.15, 0.2) is 0 Å². The van der Waals surface area contributed by atoms with Crippen LogP contribution in [0.4, 0.5) is 4.79 Å². The predicted molar refractivity (Wildman–Crippen MR) is 112 cm³/mol. The minimum absolute atomic E-state index is 0. The number of pyridine rings is 1. The molecule has 2 amide bonds. The number of hydrogen-bond donors (Lipinski definition) is 4. The molecule has 0 aliphatic carbocycles. The van der Waals surface area contributed by atoms with Crippen LogP contribution in [0.1, 0.15) is 19.5 Å². The number of carbonyl (C=O) groups is 1. The molecule has 1 fully saturated rings. The van der Waals surface area contributed by atoms with Crippen molar-refractivity contribution in [2.24, 2.45) is 0 Å². The highest BCUT2D eigenvalue weighted by Gasteiger charge is 2.45. The van der Waals surface area contributed by atoms with Gasteiger partial charge in [-0.15, -0.1) is 24.8 Å². The van der Waals surface area contributed by atoms with E-state index in [1.54, 1.807) is 6.20 Å². The van der Waals surface area contributed by atoms with Crippen LogP contribution in [0.25, 0.3) is 0 Å². The van der Waals surface area contributed by atoms with Crippen molar-refractivity contribution < 1.29 is 19.7 Å². The smallest absolute Gasteiger partial charge is 0.315 e. The number of nitrogens with one attached hydrogen (secondary N) is 2. The minimum Gasteiger partial charge on any atom is -0.394 e. The van der Waals surface area contributed by atoms with Gasteiger partial charge in [-0.3, -0.25) is 9.88 Å². The fourth-order valence-electron chi connectivity index (χ4n) is 3.18. The van der Waals surface area contributed by atoms with Gasteiger partial charge in [-0.25, -0.2) is 4.79 Å². The third-order valence-corrected chi connectivity index (χ3v) is 4.48. The number of carbonyl (C=O) groups excluding carboxylic acids is 1. The third kappa shape index (κ3) is 7.69. The Kier molecular flexibility index (Phi) is 12.6. The molecule has 162 valence electrons. The summed E-state index contributed by atoms with van der Waals surface area (Å²) in [5, 5.41) is 25.5. The van der Waals surface area contributed by atoms with Gasteiger partial charge in [0.05, 0.1) is 18.8 Å². The molecule has 0 radical (unpaired) electrons. The van der Waals surface area contributed by atoms with E-state index in [4.69, 9.17) is 4.74 Å². The largest absolute Gasteiger partial charge is 0.394 e. The first-order chi connectivity index (χ1) is 12.4. The molecule has 0 spiro atoms. The Morgan fingerprint density at radius 2 is 2.04 bits per heavy atom. The molecular weight excluding hydrogens is 407 g/mol. The lowest BCUT2D eigenvalue weighted by molar-refractivity contribution is -0.0206. The zero-order valence-corrected chi connectivity index (χ0v) is 18.1. The molecule has 0 bridgehead atoms. The number of likely N-dealkylation sites (N-methyl/N-ethyl adjacent to an activating group) is 1. The molecule has 1 aliphatic rings. The quantitative estimate of drug-likeness (QED) is 0.473. The Labute approximate surface area is 178 Å².